The zero-order chi connectivity index (χ0) is 19.7. The van der Waals surface area contributed by atoms with E-state index in [1.165, 1.54) is 0 Å². The molecule has 0 aliphatic carbocycles. The molecule has 0 bridgehead atoms. The van der Waals surface area contributed by atoms with Crippen molar-refractivity contribution in [3.05, 3.63) is 39.5 Å². The summed E-state index contributed by atoms with van der Waals surface area (Å²) in [6.07, 6.45) is 2.43. The molecular weight excluding hydrogens is 392 g/mol. The molecule has 146 valence electrons. The van der Waals surface area contributed by atoms with Gasteiger partial charge in [-0.2, -0.15) is 11.3 Å². The summed E-state index contributed by atoms with van der Waals surface area (Å²) in [6.45, 7) is 4.21. The van der Waals surface area contributed by atoms with Crippen LogP contribution < -0.4 is 5.73 Å². The molecule has 1 aliphatic heterocycles. The van der Waals surface area contributed by atoms with E-state index >= 15 is 0 Å². The number of carbonyl (C=O) groups excluding carboxylic acids is 2. The van der Waals surface area contributed by atoms with Gasteiger partial charge in [0.2, 0.25) is 5.91 Å². The van der Waals surface area contributed by atoms with Gasteiger partial charge in [-0.25, -0.2) is 4.98 Å². The molecule has 1 saturated heterocycles. The van der Waals surface area contributed by atoms with Crippen LogP contribution in [0.2, 0.25) is 0 Å². The van der Waals surface area contributed by atoms with Crippen LogP contribution in [0.4, 0.5) is 0 Å². The van der Waals surface area contributed by atoms with Crippen LogP contribution in [-0.4, -0.2) is 39.4 Å². The number of hydrogen-bond acceptors (Lipinski definition) is 5. The highest BCUT2D eigenvalue weighted by atomic mass is 32.1. The van der Waals surface area contributed by atoms with Crippen molar-refractivity contribution < 1.29 is 9.59 Å². The van der Waals surface area contributed by atoms with E-state index in [0.717, 1.165) is 53.6 Å². The largest absolute Gasteiger partial charge is 0.366 e. The number of nitrogens with zero attached hydrogens (tertiary/aromatic N) is 3. The van der Waals surface area contributed by atoms with Gasteiger partial charge < -0.3 is 15.2 Å². The molecule has 4 heterocycles. The summed E-state index contributed by atoms with van der Waals surface area (Å²) >= 11 is 3.24. The molecule has 8 heteroatoms. The van der Waals surface area contributed by atoms with E-state index in [9.17, 15) is 9.59 Å². The fraction of sp³-hybridized carbons (Fsp3) is 0.350. The molecule has 2 amide bonds. The van der Waals surface area contributed by atoms with Crippen LogP contribution in [0.3, 0.4) is 0 Å². The summed E-state index contributed by atoms with van der Waals surface area (Å²) in [6, 6.07) is 3.89. The molecule has 1 fully saturated rings. The van der Waals surface area contributed by atoms with E-state index in [-0.39, 0.29) is 5.91 Å². The maximum atomic E-state index is 11.9. The number of hydrogen-bond donors (Lipinski definition) is 1. The van der Waals surface area contributed by atoms with Crippen molar-refractivity contribution in [2.45, 2.75) is 32.7 Å². The lowest BCUT2D eigenvalue weighted by Gasteiger charge is -2.17. The number of thiazole rings is 1. The van der Waals surface area contributed by atoms with Gasteiger partial charge in [-0.3, -0.25) is 9.59 Å². The molecule has 0 atom stereocenters. The van der Waals surface area contributed by atoms with Crippen molar-refractivity contribution in [1.29, 1.82) is 0 Å². The van der Waals surface area contributed by atoms with Crippen LogP contribution in [0.25, 0.3) is 22.0 Å². The Morgan fingerprint density at radius 3 is 2.86 bits per heavy atom. The number of primary amides is 1. The average molecular weight is 415 g/mol. The normalized spacial score (nSPS) is 14.2. The molecule has 6 nitrogen and oxygen atoms in total. The number of nitrogens with two attached hydrogens (primary N) is 1. The smallest absolute Gasteiger partial charge is 0.250 e. The first kappa shape index (κ1) is 18.9. The Bertz CT molecular complexity index is 1000. The first-order valence-electron chi connectivity index (χ1n) is 9.31. The molecule has 0 unspecified atom stereocenters. The molecule has 0 radical (unpaired) electrons. The Labute approximate surface area is 171 Å². The van der Waals surface area contributed by atoms with Crippen LogP contribution >= 0.6 is 22.7 Å². The first-order chi connectivity index (χ1) is 13.5. The fourth-order valence-corrected chi connectivity index (χ4v) is 5.19. The molecule has 3 aromatic rings. The monoisotopic (exact) mass is 414 g/mol. The molecule has 4 rings (SSSR count). The maximum absolute atomic E-state index is 11.9. The number of amides is 2. The van der Waals surface area contributed by atoms with E-state index in [1.54, 1.807) is 22.7 Å². The summed E-state index contributed by atoms with van der Waals surface area (Å²) < 4.78 is 2.10. The second kappa shape index (κ2) is 7.89. The number of carbonyl (C=O) groups is 2. The number of likely N-dealkylation sites (tertiary alicyclic amines) is 1. The van der Waals surface area contributed by atoms with Gasteiger partial charge in [0.25, 0.3) is 5.91 Å². The van der Waals surface area contributed by atoms with Crippen molar-refractivity contribution in [1.82, 2.24) is 14.5 Å². The molecule has 3 aromatic heterocycles. The van der Waals surface area contributed by atoms with Gasteiger partial charge in [-0.05, 0) is 37.3 Å². The molecule has 0 saturated carbocycles. The molecule has 28 heavy (non-hydrogen) atoms. The van der Waals surface area contributed by atoms with Gasteiger partial charge in [0.15, 0.2) is 0 Å². The van der Waals surface area contributed by atoms with Gasteiger partial charge in [0, 0.05) is 48.1 Å². The van der Waals surface area contributed by atoms with Gasteiger partial charge in [0.05, 0.1) is 17.0 Å². The predicted octanol–water partition coefficient (Wildman–Crippen LogP) is 3.76. The first-order valence-corrected chi connectivity index (χ1v) is 11.1. The van der Waals surface area contributed by atoms with Gasteiger partial charge in [0.1, 0.15) is 5.01 Å². The van der Waals surface area contributed by atoms with E-state index < -0.39 is 5.91 Å². The van der Waals surface area contributed by atoms with Crippen molar-refractivity contribution in [3.8, 4) is 22.0 Å². The van der Waals surface area contributed by atoms with Crippen LogP contribution in [0.15, 0.2) is 28.3 Å². The topological polar surface area (TPSA) is 81.2 Å². The minimum atomic E-state index is -0.430. The summed E-state index contributed by atoms with van der Waals surface area (Å²) in [4.78, 5) is 30.4. The lowest BCUT2D eigenvalue weighted by Crippen LogP contribution is -2.26. The lowest BCUT2D eigenvalue weighted by atomic mass is 10.2. The van der Waals surface area contributed by atoms with E-state index in [0.29, 0.717) is 18.5 Å². The number of aromatic nitrogens is 2. The zero-order valence-electron chi connectivity index (χ0n) is 15.7. The number of rotatable bonds is 7. The van der Waals surface area contributed by atoms with Crippen molar-refractivity contribution in [2.24, 2.45) is 5.73 Å². The second-order valence-corrected chi connectivity index (χ2v) is 8.57. The Morgan fingerprint density at radius 1 is 1.32 bits per heavy atom. The lowest BCUT2D eigenvalue weighted by molar-refractivity contribution is -0.127. The minimum Gasteiger partial charge on any atom is -0.366 e. The average Bonchev–Trinajstić information content (AvgIpc) is 3.43. The van der Waals surface area contributed by atoms with E-state index in [2.05, 4.69) is 16.0 Å². The van der Waals surface area contributed by atoms with Crippen LogP contribution in [0.5, 0.6) is 0 Å². The Kier molecular flexibility index (Phi) is 5.32. The third-order valence-electron chi connectivity index (χ3n) is 5.15. The summed E-state index contributed by atoms with van der Waals surface area (Å²) in [5.41, 5.74) is 9.81. The van der Waals surface area contributed by atoms with Crippen LogP contribution in [0.1, 0.15) is 35.3 Å². The van der Waals surface area contributed by atoms with Gasteiger partial charge in [-0.15, -0.1) is 11.3 Å². The van der Waals surface area contributed by atoms with Crippen molar-refractivity contribution >= 4 is 34.5 Å². The maximum Gasteiger partial charge on any atom is 0.250 e. The SMILES string of the molecule is Cc1c(C(N)=O)cc(-c2csc(-c3ccsc3)n2)n1CCCN1CCCC1=O. The summed E-state index contributed by atoms with van der Waals surface area (Å²) in [7, 11) is 0. The highest BCUT2D eigenvalue weighted by Gasteiger charge is 2.21. The Morgan fingerprint density at radius 2 is 2.18 bits per heavy atom. The molecule has 2 N–H and O–H groups in total. The van der Waals surface area contributed by atoms with E-state index in [4.69, 9.17) is 10.7 Å². The van der Waals surface area contributed by atoms with Gasteiger partial charge in [-0.1, -0.05) is 0 Å². The third kappa shape index (κ3) is 3.62. The zero-order valence-corrected chi connectivity index (χ0v) is 17.3. The molecule has 1 aliphatic rings. The third-order valence-corrected chi connectivity index (χ3v) is 6.72. The van der Waals surface area contributed by atoms with E-state index in [1.807, 2.05) is 28.7 Å². The Hall–Kier alpha value is -2.45. The quantitative estimate of drug-likeness (QED) is 0.639. The van der Waals surface area contributed by atoms with Crippen molar-refractivity contribution in [3.63, 3.8) is 0 Å². The van der Waals surface area contributed by atoms with Crippen molar-refractivity contribution in [2.75, 3.05) is 13.1 Å². The van der Waals surface area contributed by atoms with Gasteiger partial charge >= 0.3 is 0 Å². The fourth-order valence-electron chi connectivity index (χ4n) is 3.67. The highest BCUT2D eigenvalue weighted by molar-refractivity contribution is 7.14. The Balaban J connectivity index is 1.60. The van der Waals surface area contributed by atoms with Crippen LogP contribution in [-0.2, 0) is 11.3 Å². The molecule has 0 aromatic carbocycles. The second-order valence-electron chi connectivity index (χ2n) is 6.93. The minimum absolute atomic E-state index is 0.238. The van der Waals surface area contributed by atoms with Crippen LogP contribution in [0, 0.1) is 6.92 Å². The number of thiophene rings is 1. The summed E-state index contributed by atoms with van der Waals surface area (Å²) in [5.74, 6) is -0.192. The molecule has 0 spiro atoms. The highest BCUT2D eigenvalue weighted by Crippen LogP contribution is 2.32. The molecular formula is C20H22N4O2S2. The standard InChI is InChI=1S/C20H22N4O2S2/c1-13-15(19(21)26)10-17(16-12-28-20(22-16)14-5-9-27-11-14)24(13)8-3-7-23-6-2-4-18(23)25/h5,9-12H,2-4,6-8H2,1H3,(H2,21,26). The summed E-state index contributed by atoms with van der Waals surface area (Å²) in [5, 5.41) is 7.10. The predicted molar refractivity (Wildman–Crippen MR) is 113 cm³/mol.